The van der Waals surface area contributed by atoms with E-state index in [1.54, 1.807) is 12.1 Å². The molecule has 3 aromatic rings. The van der Waals surface area contributed by atoms with Gasteiger partial charge in [0.25, 0.3) is 11.7 Å². The van der Waals surface area contributed by atoms with E-state index < -0.39 is 5.82 Å². The molecule has 0 spiro atoms. The van der Waals surface area contributed by atoms with Gasteiger partial charge < -0.3 is 10.1 Å². The average Bonchev–Trinajstić information content (AvgIpc) is 3.12. The number of nitrogens with zero attached hydrogens (tertiary/aromatic N) is 1. The molecule has 0 saturated heterocycles. The summed E-state index contributed by atoms with van der Waals surface area (Å²) in [5, 5.41) is 3.45. The first-order valence-electron chi connectivity index (χ1n) is 11.2. The van der Waals surface area contributed by atoms with E-state index in [2.05, 4.69) is 10.3 Å². The van der Waals surface area contributed by atoms with Crippen LogP contribution in [0.1, 0.15) is 49.0 Å². The van der Waals surface area contributed by atoms with Gasteiger partial charge in [-0.3, -0.25) is 4.79 Å². The quantitative estimate of drug-likeness (QED) is 0.620. The lowest BCUT2D eigenvalue weighted by molar-refractivity contribution is -0.498. The highest BCUT2D eigenvalue weighted by Crippen LogP contribution is 2.55. The molecular formula is C25H27FN3O2+. The molecule has 5 nitrogen and oxygen atoms in total. The lowest BCUT2D eigenvalue weighted by Gasteiger charge is -2.56. The molecule has 4 saturated carbocycles. The van der Waals surface area contributed by atoms with E-state index in [1.807, 2.05) is 28.8 Å². The Labute approximate surface area is 180 Å². The van der Waals surface area contributed by atoms with Crippen LogP contribution in [0.5, 0.6) is 5.75 Å². The Morgan fingerprint density at radius 2 is 1.84 bits per heavy atom. The molecule has 4 fully saturated rings. The predicted molar refractivity (Wildman–Crippen MR) is 114 cm³/mol. The molecule has 4 aliphatic rings. The van der Waals surface area contributed by atoms with Crippen molar-refractivity contribution >= 4 is 11.4 Å². The monoisotopic (exact) mass is 420 g/mol. The number of halogens is 1. The number of aromatic amines is 1. The number of carbonyl (C=O) groups excluding carboxylic acids is 1. The summed E-state index contributed by atoms with van der Waals surface area (Å²) >= 11 is 0. The Bertz CT molecular complexity index is 1150. The zero-order valence-corrected chi connectivity index (χ0v) is 17.7. The molecule has 0 atom stereocenters. The summed E-state index contributed by atoms with van der Waals surface area (Å²) in [7, 11) is 1.45. The molecule has 1 amide bonds. The van der Waals surface area contributed by atoms with Crippen LogP contribution in [0.15, 0.2) is 42.6 Å². The van der Waals surface area contributed by atoms with Crippen molar-refractivity contribution in [3.8, 4) is 17.1 Å². The summed E-state index contributed by atoms with van der Waals surface area (Å²) in [5.41, 5.74) is 1.92. The van der Waals surface area contributed by atoms with Crippen molar-refractivity contribution in [3.63, 3.8) is 0 Å². The first kappa shape index (κ1) is 18.8. The van der Waals surface area contributed by atoms with Crippen LogP contribution < -0.4 is 14.5 Å². The van der Waals surface area contributed by atoms with Gasteiger partial charge in [-0.1, -0.05) is 6.07 Å². The summed E-state index contributed by atoms with van der Waals surface area (Å²) in [5.74, 6) is 2.67. The number of amides is 1. The minimum atomic E-state index is -0.432. The van der Waals surface area contributed by atoms with Gasteiger partial charge in [0.1, 0.15) is 0 Å². The van der Waals surface area contributed by atoms with Gasteiger partial charge in [0.05, 0.1) is 18.9 Å². The number of methoxy groups -OCH3 is 1. The molecule has 2 heterocycles. The van der Waals surface area contributed by atoms with Gasteiger partial charge in [0.15, 0.2) is 17.1 Å². The molecule has 4 aliphatic carbocycles. The lowest BCUT2D eigenvalue weighted by atomic mass is 9.53. The predicted octanol–water partition coefficient (Wildman–Crippen LogP) is 4.27. The van der Waals surface area contributed by atoms with Gasteiger partial charge in [0.2, 0.25) is 5.69 Å². The van der Waals surface area contributed by atoms with Gasteiger partial charge >= 0.3 is 0 Å². The van der Waals surface area contributed by atoms with E-state index in [0.29, 0.717) is 17.1 Å². The fourth-order valence-corrected chi connectivity index (χ4v) is 6.85. The van der Waals surface area contributed by atoms with Crippen molar-refractivity contribution in [2.24, 2.45) is 17.8 Å². The molecule has 2 N–H and O–H groups in total. The molecular weight excluding hydrogens is 393 g/mol. The molecule has 2 aromatic heterocycles. The van der Waals surface area contributed by atoms with Gasteiger partial charge in [0, 0.05) is 5.54 Å². The van der Waals surface area contributed by atoms with Crippen molar-refractivity contribution in [3.05, 3.63) is 54.1 Å². The highest BCUT2D eigenvalue weighted by atomic mass is 19.1. The Morgan fingerprint density at radius 3 is 2.48 bits per heavy atom. The summed E-state index contributed by atoms with van der Waals surface area (Å²) in [6.45, 7) is 0. The summed E-state index contributed by atoms with van der Waals surface area (Å²) in [6.07, 6.45) is 9.22. The van der Waals surface area contributed by atoms with Crippen molar-refractivity contribution in [2.75, 3.05) is 7.11 Å². The van der Waals surface area contributed by atoms with Crippen LogP contribution in [0.3, 0.4) is 0 Å². The fraction of sp³-hybridized carbons (Fsp3) is 0.440. The number of carbonyl (C=O) groups is 1. The lowest BCUT2D eigenvalue weighted by Crippen LogP contribution is -2.59. The number of imidazole rings is 1. The Kier molecular flexibility index (Phi) is 4.14. The van der Waals surface area contributed by atoms with Crippen LogP contribution in [0.25, 0.3) is 16.9 Å². The normalized spacial score (nSPS) is 28.8. The smallest absolute Gasteiger partial charge is 0.296 e. The average molecular weight is 421 g/mol. The first-order chi connectivity index (χ1) is 15.0. The number of hydrogen-bond donors (Lipinski definition) is 2. The molecule has 31 heavy (non-hydrogen) atoms. The molecule has 160 valence electrons. The van der Waals surface area contributed by atoms with E-state index in [1.165, 1.54) is 32.4 Å². The minimum Gasteiger partial charge on any atom is -0.494 e. The Hall–Kier alpha value is -2.89. The maximum atomic E-state index is 14.4. The van der Waals surface area contributed by atoms with Crippen molar-refractivity contribution in [1.29, 1.82) is 0 Å². The molecule has 0 aliphatic heterocycles. The second-order valence-electron chi connectivity index (χ2n) is 9.81. The van der Waals surface area contributed by atoms with Crippen LogP contribution in [0, 0.1) is 23.6 Å². The SMILES string of the molecule is COc1ccc(-c2[nH]c(C(=O)NC34CC5CC(CC(C5)C3)C4)c3cccc[n+]23)cc1F. The molecule has 6 heteroatoms. The van der Waals surface area contributed by atoms with E-state index in [-0.39, 0.29) is 17.2 Å². The molecule has 0 radical (unpaired) electrons. The number of aromatic nitrogens is 2. The first-order valence-corrected chi connectivity index (χ1v) is 11.2. The summed E-state index contributed by atoms with van der Waals surface area (Å²) in [4.78, 5) is 16.8. The molecule has 1 aromatic carbocycles. The zero-order chi connectivity index (χ0) is 21.2. The standard InChI is InChI=1S/C25H26FN3O2/c1-31-21-6-5-18(11-19(21)26)23-27-22(20-4-2-3-7-29(20)23)24(30)28-25-12-15-8-16(13-25)10-17(9-15)14-25/h2-7,11,15-17H,8-10,12-14H2,1H3,(H,28,30)/p+1. The van der Waals surface area contributed by atoms with Gasteiger partial charge in [-0.05, 0) is 86.6 Å². The topological polar surface area (TPSA) is 58.2 Å². The van der Waals surface area contributed by atoms with E-state index in [9.17, 15) is 9.18 Å². The third-order valence-electron chi connectivity index (χ3n) is 7.67. The number of fused-ring (bicyclic) bond motifs is 1. The molecule has 4 bridgehead atoms. The second-order valence-corrected chi connectivity index (χ2v) is 9.81. The number of benzene rings is 1. The Balaban J connectivity index is 1.37. The van der Waals surface area contributed by atoms with Gasteiger partial charge in [-0.2, -0.15) is 4.40 Å². The molecule has 7 rings (SSSR count). The van der Waals surface area contributed by atoms with Crippen LogP contribution >= 0.6 is 0 Å². The van der Waals surface area contributed by atoms with E-state index >= 15 is 0 Å². The largest absolute Gasteiger partial charge is 0.494 e. The van der Waals surface area contributed by atoms with Gasteiger partial charge in [-0.15, -0.1) is 0 Å². The number of rotatable bonds is 4. The maximum absolute atomic E-state index is 14.4. The maximum Gasteiger partial charge on any atom is 0.296 e. The third-order valence-corrected chi connectivity index (χ3v) is 7.67. The minimum absolute atomic E-state index is 0.0604. The second kappa shape index (κ2) is 6.81. The number of nitrogens with one attached hydrogen (secondary N) is 2. The highest BCUT2D eigenvalue weighted by molar-refractivity contribution is 5.99. The van der Waals surface area contributed by atoms with Crippen molar-refractivity contribution in [1.82, 2.24) is 10.3 Å². The van der Waals surface area contributed by atoms with Crippen LogP contribution in [0.2, 0.25) is 0 Å². The molecule has 0 unspecified atom stereocenters. The van der Waals surface area contributed by atoms with Crippen LogP contribution in [0.4, 0.5) is 4.39 Å². The zero-order valence-electron chi connectivity index (χ0n) is 17.7. The third kappa shape index (κ3) is 3.03. The number of pyridine rings is 1. The highest BCUT2D eigenvalue weighted by Gasteiger charge is 2.52. The fourth-order valence-electron chi connectivity index (χ4n) is 6.85. The van der Waals surface area contributed by atoms with Crippen molar-refractivity contribution in [2.45, 2.75) is 44.1 Å². The van der Waals surface area contributed by atoms with Crippen LogP contribution in [-0.2, 0) is 0 Å². The number of ether oxygens (including phenoxy) is 1. The van der Waals surface area contributed by atoms with Gasteiger partial charge in [-0.25, -0.2) is 9.37 Å². The summed E-state index contributed by atoms with van der Waals surface area (Å²) in [6, 6.07) is 10.6. The van der Waals surface area contributed by atoms with E-state index in [4.69, 9.17) is 4.74 Å². The Morgan fingerprint density at radius 1 is 1.13 bits per heavy atom. The van der Waals surface area contributed by atoms with Crippen molar-refractivity contribution < 1.29 is 18.3 Å². The number of hydrogen-bond acceptors (Lipinski definition) is 2. The summed E-state index contributed by atoms with van der Waals surface area (Å²) < 4.78 is 21.3. The van der Waals surface area contributed by atoms with Crippen LogP contribution in [-0.4, -0.2) is 23.5 Å². The number of H-pyrrole nitrogens is 1. The van der Waals surface area contributed by atoms with E-state index in [0.717, 1.165) is 42.5 Å².